The van der Waals surface area contributed by atoms with Gasteiger partial charge in [0.1, 0.15) is 11.5 Å². The Morgan fingerprint density at radius 2 is 1.90 bits per heavy atom. The van der Waals surface area contributed by atoms with E-state index in [0.717, 1.165) is 45.7 Å². The van der Waals surface area contributed by atoms with Gasteiger partial charge in [-0.25, -0.2) is 10.5 Å². The van der Waals surface area contributed by atoms with Gasteiger partial charge in [-0.1, -0.05) is 76.6 Å². The van der Waals surface area contributed by atoms with Crippen molar-refractivity contribution in [2.75, 3.05) is 12.4 Å². The zero-order valence-electron chi connectivity index (χ0n) is 24.0. The number of imidazole rings is 1. The van der Waals surface area contributed by atoms with Crippen molar-refractivity contribution in [1.82, 2.24) is 9.55 Å². The highest BCUT2D eigenvalue weighted by Crippen LogP contribution is 2.45. The lowest BCUT2D eigenvalue weighted by molar-refractivity contribution is -0.318. The van der Waals surface area contributed by atoms with Crippen LogP contribution in [0.3, 0.4) is 0 Å². The Morgan fingerprint density at radius 3 is 2.54 bits per heavy atom. The quantitative estimate of drug-likeness (QED) is 0.226. The average molecular weight is 529 g/mol. The van der Waals surface area contributed by atoms with Crippen LogP contribution in [0.2, 0.25) is 0 Å². The van der Waals surface area contributed by atoms with E-state index in [-0.39, 0.29) is 0 Å². The third kappa shape index (κ3) is 6.07. The average Bonchev–Trinajstić information content (AvgIpc) is 3.17. The van der Waals surface area contributed by atoms with E-state index in [1.807, 2.05) is 31.3 Å². The van der Waals surface area contributed by atoms with Gasteiger partial charge in [-0.05, 0) is 53.6 Å². The van der Waals surface area contributed by atoms with Crippen LogP contribution in [-0.2, 0) is 17.8 Å². The largest absolute Gasteiger partial charge is 0.550 e. The standard InChI is InChI=1S/C32H43N5O2/c1-21-12-13-24(19-25(21)20-37-17-16-35-28(37)18-23-10-8-6-7-9-11-23)29(32(3,4)31(38)39)26-14-15-27(34-5)30(36-33)22(26)2/h12-17,19,23,29,33-34H,6-11,18,20H2,1-5H3,(H,38,39)/p-1/t29-/m1/s1. The number of aliphatic carboxylic acids is 1. The fraction of sp³-hybridized carbons (Fsp3) is 0.500. The Kier molecular flexibility index (Phi) is 8.88. The summed E-state index contributed by atoms with van der Waals surface area (Å²) < 4.78 is 2.25. The molecule has 208 valence electrons. The van der Waals surface area contributed by atoms with Crippen LogP contribution in [0.4, 0.5) is 11.4 Å². The predicted molar refractivity (Wildman–Crippen MR) is 154 cm³/mol. The van der Waals surface area contributed by atoms with Gasteiger partial charge in [0, 0.05) is 49.7 Å². The predicted octanol–water partition coefficient (Wildman–Crippen LogP) is 6.67. The summed E-state index contributed by atoms with van der Waals surface area (Å²) in [6.07, 6.45) is 12.8. The molecular weight excluding hydrogens is 486 g/mol. The van der Waals surface area contributed by atoms with Crippen LogP contribution in [0, 0.1) is 30.7 Å². The summed E-state index contributed by atoms with van der Waals surface area (Å²) in [5.41, 5.74) is 12.6. The molecule has 1 aromatic heterocycles. The van der Waals surface area contributed by atoms with Crippen molar-refractivity contribution in [3.05, 3.63) is 76.4 Å². The van der Waals surface area contributed by atoms with Crippen LogP contribution < -0.4 is 10.4 Å². The van der Waals surface area contributed by atoms with E-state index in [4.69, 9.17) is 10.5 Å². The molecule has 4 rings (SSSR count). The minimum atomic E-state index is -1.20. The minimum absolute atomic E-state index is 0.485. The lowest BCUT2D eigenvalue weighted by atomic mass is 9.69. The molecule has 7 heteroatoms. The van der Waals surface area contributed by atoms with E-state index in [1.54, 1.807) is 20.9 Å². The fourth-order valence-corrected chi connectivity index (χ4v) is 6.20. The first-order valence-corrected chi connectivity index (χ1v) is 14.2. The van der Waals surface area contributed by atoms with Crippen LogP contribution in [0.25, 0.3) is 0 Å². The molecule has 0 spiro atoms. The number of carboxylic acid groups (broad SMARTS) is 1. The summed E-state index contributed by atoms with van der Waals surface area (Å²) in [6, 6.07) is 10.1. The van der Waals surface area contributed by atoms with E-state index < -0.39 is 17.3 Å². The summed E-state index contributed by atoms with van der Waals surface area (Å²) in [7, 11) is 1.79. The second-order valence-electron chi connectivity index (χ2n) is 11.7. The monoisotopic (exact) mass is 528 g/mol. The maximum atomic E-state index is 12.5. The number of aromatic nitrogens is 2. The van der Waals surface area contributed by atoms with E-state index in [2.05, 4.69) is 40.3 Å². The fourth-order valence-electron chi connectivity index (χ4n) is 6.20. The number of aryl methyl sites for hydroxylation is 1. The second kappa shape index (κ2) is 12.1. The lowest BCUT2D eigenvalue weighted by Crippen LogP contribution is -2.42. The van der Waals surface area contributed by atoms with Crippen LogP contribution >= 0.6 is 0 Å². The highest BCUT2D eigenvalue weighted by Gasteiger charge is 2.35. The number of hydrogen-bond acceptors (Lipinski definition) is 6. The molecule has 0 amide bonds. The molecule has 0 radical (unpaired) electrons. The van der Waals surface area contributed by atoms with Crippen molar-refractivity contribution in [2.24, 2.45) is 16.4 Å². The summed E-state index contributed by atoms with van der Waals surface area (Å²) in [5.74, 6) is 0.214. The van der Waals surface area contributed by atoms with Crippen molar-refractivity contribution in [3.8, 4) is 0 Å². The number of nitrogens with one attached hydrogen (secondary N) is 2. The normalized spacial score (nSPS) is 15.5. The van der Waals surface area contributed by atoms with Gasteiger partial charge in [0.15, 0.2) is 0 Å². The SMILES string of the molecule is CNc1ccc([C@@H](c2ccc(C)c(Cn3ccnc3CC3CCCCCC3)c2)C(C)(C)C(=O)[O-])c(C)c1N=N. The van der Waals surface area contributed by atoms with Gasteiger partial charge in [0.2, 0.25) is 0 Å². The molecule has 1 aliphatic carbocycles. The molecular formula is C32H42N5O2-. The third-order valence-electron chi connectivity index (χ3n) is 8.71. The number of carbonyl (C=O) groups excluding carboxylic acids is 1. The molecule has 0 bridgehead atoms. The first-order chi connectivity index (χ1) is 18.7. The Hall–Kier alpha value is -3.48. The molecule has 1 aliphatic rings. The number of nitrogens with zero attached hydrogens (tertiary/aromatic N) is 3. The zero-order chi connectivity index (χ0) is 28.2. The molecule has 7 nitrogen and oxygen atoms in total. The Balaban J connectivity index is 1.73. The summed E-state index contributed by atoms with van der Waals surface area (Å²) in [5, 5.41) is 19.3. The molecule has 2 N–H and O–H groups in total. The minimum Gasteiger partial charge on any atom is -0.550 e. The maximum absolute atomic E-state index is 12.5. The third-order valence-corrected chi connectivity index (χ3v) is 8.71. The lowest BCUT2D eigenvalue weighted by Gasteiger charge is -2.37. The molecule has 1 saturated carbocycles. The van der Waals surface area contributed by atoms with Crippen LogP contribution in [-0.4, -0.2) is 22.6 Å². The first-order valence-electron chi connectivity index (χ1n) is 14.2. The second-order valence-corrected chi connectivity index (χ2v) is 11.7. The number of benzene rings is 2. The topological polar surface area (TPSA) is 106 Å². The smallest absolute Gasteiger partial charge is 0.111 e. The Labute approximate surface area is 232 Å². The Morgan fingerprint density at radius 1 is 1.18 bits per heavy atom. The number of carboxylic acids is 1. The highest BCUT2D eigenvalue weighted by atomic mass is 16.4. The molecule has 2 aromatic carbocycles. The number of carbonyl (C=O) groups is 1. The van der Waals surface area contributed by atoms with Crippen LogP contribution in [0.5, 0.6) is 0 Å². The Bertz CT molecular complexity index is 1320. The van der Waals surface area contributed by atoms with Crippen molar-refractivity contribution in [3.63, 3.8) is 0 Å². The van der Waals surface area contributed by atoms with Gasteiger partial charge in [-0.2, -0.15) is 5.11 Å². The summed E-state index contributed by atoms with van der Waals surface area (Å²) in [6.45, 7) is 8.13. The number of anilines is 1. The molecule has 0 aliphatic heterocycles. The molecule has 0 saturated heterocycles. The first kappa shape index (κ1) is 28.5. The van der Waals surface area contributed by atoms with Crippen molar-refractivity contribution >= 4 is 17.3 Å². The summed E-state index contributed by atoms with van der Waals surface area (Å²) >= 11 is 0. The molecule has 1 fully saturated rings. The van der Waals surface area contributed by atoms with Gasteiger partial charge in [-0.15, -0.1) is 0 Å². The molecule has 1 heterocycles. The van der Waals surface area contributed by atoms with Gasteiger partial charge in [0.25, 0.3) is 0 Å². The molecule has 3 aromatic rings. The number of hydrogen-bond donors (Lipinski definition) is 2. The van der Waals surface area contributed by atoms with Crippen molar-refractivity contribution < 1.29 is 9.90 Å². The molecule has 0 unspecified atom stereocenters. The maximum Gasteiger partial charge on any atom is 0.111 e. The van der Waals surface area contributed by atoms with E-state index in [9.17, 15) is 9.90 Å². The zero-order valence-corrected chi connectivity index (χ0v) is 24.0. The number of rotatable bonds is 10. The van der Waals surface area contributed by atoms with Gasteiger partial charge >= 0.3 is 0 Å². The van der Waals surface area contributed by atoms with E-state index in [0.29, 0.717) is 18.2 Å². The molecule has 1 atom stereocenters. The van der Waals surface area contributed by atoms with Crippen LogP contribution in [0.1, 0.15) is 91.9 Å². The van der Waals surface area contributed by atoms with E-state index >= 15 is 0 Å². The molecule has 39 heavy (non-hydrogen) atoms. The van der Waals surface area contributed by atoms with Gasteiger partial charge < -0.3 is 19.8 Å². The van der Waals surface area contributed by atoms with Gasteiger partial charge in [-0.3, -0.25) is 0 Å². The van der Waals surface area contributed by atoms with Crippen molar-refractivity contribution in [1.29, 1.82) is 5.53 Å². The highest BCUT2D eigenvalue weighted by molar-refractivity contribution is 5.76. The van der Waals surface area contributed by atoms with E-state index in [1.165, 1.54) is 38.5 Å². The summed E-state index contributed by atoms with van der Waals surface area (Å²) in [4.78, 5) is 17.2. The van der Waals surface area contributed by atoms with Crippen LogP contribution in [0.15, 0.2) is 47.8 Å². The van der Waals surface area contributed by atoms with Crippen molar-refractivity contribution in [2.45, 2.75) is 85.1 Å². The van der Waals surface area contributed by atoms with Gasteiger partial charge in [0.05, 0.1) is 5.69 Å².